The molecular formula is C16H24ClNO3. The van der Waals surface area contributed by atoms with Gasteiger partial charge < -0.3 is 14.8 Å². The van der Waals surface area contributed by atoms with Crippen molar-refractivity contribution < 1.29 is 14.3 Å². The van der Waals surface area contributed by atoms with E-state index in [-0.39, 0.29) is 5.97 Å². The van der Waals surface area contributed by atoms with Gasteiger partial charge in [0.05, 0.1) is 18.2 Å². The third-order valence-corrected chi connectivity index (χ3v) is 3.29. The highest BCUT2D eigenvalue weighted by atomic mass is 35.5. The van der Waals surface area contributed by atoms with Crippen molar-refractivity contribution >= 4 is 17.6 Å². The predicted molar refractivity (Wildman–Crippen MR) is 84.8 cm³/mol. The summed E-state index contributed by atoms with van der Waals surface area (Å²) in [5.41, 5.74) is 1.05. The van der Waals surface area contributed by atoms with Gasteiger partial charge in [0.2, 0.25) is 0 Å². The van der Waals surface area contributed by atoms with Crippen LogP contribution in [0, 0.1) is 0 Å². The molecule has 1 N–H and O–H groups in total. The number of hydrogen-bond donors (Lipinski definition) is 1. The van der Waals surface area contributed by atoms with E-state index >= 15 is 0 Å². The first-order valence-electron chi connectivity index (χ1n) is 7.39. The van der Waals surface area contributed by atoms with E-state index in [4.69, 9.17) is 21.1 Å². The molecule has 0 aromatic heterocycles. The van der Waals surface area contributed by atoms with E-state index in [0.29, 0.717) is 24.7 Å². The molecule has 0 atom stereocenters. The Labute approximate surface area is 131 Å². The van der Waals surface area contributed by atoms with E-state index in [1.807, 2.05) is 32.2 Å². The molecule has 1 rings (SSSR count). The van der Waals surface area contributed by atoms with Gasteiger partial charge in [0.25, 0.3) is 0 Å². The molecule has 118 valence electrons. The Kier molecular flexibility index (Phi) is 8.87. The number of halogens is 1. The highest BCUT2D eigenvalue weighted by molar-refractivity contribution is 6.32. The summed E-state index contributed by atoms with van der Waals surface area (Å²) >= 11 is 6.17. The number of para-hydroxylation sites is 1. The lowest BCUT2D eigenvalue weighted by Gasteiger charge is -2.13. The van der Waals surface area contributed by atoms with Crippen LogP contribution in [0.1, 0.15) is 38.2 Å². The zero-order valence-corrected chi connectivity index (χ0v) is 13.5. The summed E-state index contributed by atoms with van der Waals surface area (Å²) in [6.45, 7) is 3.59. The molecule has 0 heterocycles. The Balaban J connectivity index is 2.28. The van der Waals surface area contributed by atoms with E-state index in [1.165, 1.54) is 0 Å². The molecule has 5 heteroatoms. The first kappa shape index (κ1) is 17.8. The van der Waals surface area contributed by atoms with Crippen LogP contribution in [0.2, 0.25) is 5.02 Å². The zero-order chi connectivity index (χ0) is 15.5. The lowest BCUT2D eigenvalue weighted by atomic mass is 10.2. The van der Waals surface area contributed by atoms with Gasteiger partial charge in [-0.05, 0) is 39.3 Å². The third kappa shape index (κ3) is 6.82. The fraction of sp³-hybridized carbons (Fsp3) is 0.562. The van der Waals surface area contributed by atoms with Crippen LogP contribution >= 0.6 is 11.6 Å². The Hall–Kier alpha value is -1.26. The second-order valence-electron chi connectivity index (χ2n) is 4.72. The minimum absolute atomic E-state index is 0.124. The number of rotatable bonds is 10. The molecule has 21 heavy (non-hydrogen) atoms. The number of carbonyl (C=O) groups excluding carboxylic acids is 1. The van der Waals surface area contributed by atoms with E-state index in [2.05, 4.69) is 5.32 Å². The molecule has 0 aliphatic carbocycles. The summed E-state index contributed by atoms with van der Waals surface area (Å²) < 4.78 is 10.7. The fourth-order valence-electron chi connectivity index (χ4n) is 2.00. The first-order valence-corrected chi connectivity index (χ1v) is 7.77. The molecule has 0 radical (unpaired) electrons. The van der Waals surface area contributed by atoms with Gasteiger partial charge in [-0.25, -0.2) is 0 Å². The van der Waals surface area contributed by atoms with Crippen molar-refractivity contribution in [2.45, 2.75) is 39.2 Å². The van der Waals surface area contributed by atoms with Gasteiger partial charge >= 0.3 is 5.97 Å². The van der Waals surface area contributed by atoms with E-state index in [0.717, 1.165) is 37.1 Å². The molecule has 0 spiro atoms. The lowest BCUT2D eigenvalue weighted by Crippen LogP contribution is -2.08. The van der Waals surface area contributed by atoms with Crippen LogP contribution in [0.5, 0.6) is 5.75 Å². The van der Waals surface area contributed by atoms with Gasteiger partial charge in [0.1, 0.15) is 5.75 Å². The van der Waals surface area contributed by atoms with E-state index in [9.17, 15) is 4.79 Å². The molecule has 0 amide bonds. The van der Waals surface area contributed by atoms with Gasteiger partial charge in [-0.1, -0.05) is 23.7 Å². The lowest BCUT2D eigenvalue weighted by molar-refractivity contribution is -0.143. The standard InChI is InChI=1S/C16H24ClNO3/c1-3-20-15(19)10-5-4-6-11-21-16-13(12-18-2)8-7-9-14(16)17/h7-9,18H,3-6,10-12H2,1-2H3. The van der Waals surface area contributed by atoms with Gasteiger partial charge in [-0.3, -0.25) is 4.79 Å². The maximum atomic E-state index is 11.2. The minimum Gasteiger partial charge on any atom is -0.492 e. The highest BCUT2D eigenvalue weighted by Crippen LogP contribution is 2.28. The Bertz CT molecular complexity index is 438. The zero-order valence-electron chi connectivity index (χ0n) is 12.8. The summed E-state index contributed by atoms with van der Waals surface area (Å²) in [4.78, 5) is 11.2. The minimum atomic E-state index is -0.124. The second kappa shape index (κ2) is 10.5. The smallest absolute Gasteiger partial charge is 0.305 e. The molecular weight excluding hydrogens is 290 g/mol. The summed E-state index contributed by atoms with van der Waals surface area (Å²) in [6, 6.07) is 5.75. The quantitative estimate of drug-likeness (QED) is 0.530. The number of esters is 1. The highest BCUT2D eigenvalue weighted by Gasteiger charge is 2.07. The Morgan fingerprint density at radius 1 is 1.29 bits per heavy atom. The molecule has 0 bridgehead atoms. The monoisotopic (exact) mass is 313 g/mol. The number of unbranched alkanes of at least 4 members (excludes halogenated alkanes) is 2. The first-order chi connectivity index (χ1) is 10.2. The topological polar surface area (TPSA) is 47.6 Å². The normalized spacial score (nSPS) is 10.4. The maximum absolute atomic E-state index is 11.2. The average Bonchev–Trinajstić information content (AvgIpc) is 2.45. The van der Waals surface area contributed by atoms with Gasteiger partial charge in [-0.2, -0.15) is 0 Å². The van der Waals surface area contributed by atoms with Gasteiger partial charge in [0, 0.05) is 18.5 Å². The molecule has 1 aromatic rings. The molecule has 0 unspecified atom stereocenters. The van der Waals surface area contributed by atoms with Crippen LogP contribution in [0.15, 0.2) is 18.2 Å². The van der Waals surface area contributed by atoms with Crippen molar-refractivity contribution in [2.75, 3.05) is 20.3 Å². The number of nitrogens with one attached hydrogen (secondary N) is 1. The fourth-order valence-corrected chi connectivity index (χ4v) is 2.25. The number of carbonyl (C=O) groups is 1. The molecule has 0 saturated heterocycles. The average molecular weight is 314 g/mol. The summed E-state index contributed by atoms with van der Waals surface area (Å²) in [5, 5.41) is 3.73. The molecule has 0 aliphatic heterocycles. The predicted octanol–water partition coefficient (Wildman–Crippen LogP) is 3.56. The van der Waals surface area contributed by atoms with Crippen LogP contribution in [0.4, 0.5) is 0 Å². The van der Waals surface area contributed by atoms with Crippen LogP contribution in [-0.2, 0) is 16.1 Å². The molecule has 1 aromatic carbocycles. The van der Waals surface area contributed by atoms with Crippen LogP contribution in [-0.4, -0.2) is 26.2 Å². The summed E-state index contributed by atoms with van der Waals surface area (Å²) in [7, 11) is 1.89. The van der Waals surface area contributed by atoms with E-state index in [1.54, 1.807) is 0 Å². The molecule has 0 aliphatic rings. The maximum Gasteiger partial charge on any atom is 0.305 e. The summed E-state index contributed by atoms with van der Waals surface area (Å²) in [6.07, 6.45) is 3.13. The Morgan fingerprint density at radius 2 is 2.10 bits per heavy atom. The number of ether oxygens (including phenoxy) is 2. The summed E-state index contributed by atoms with van der Waals surface area (Å²) in [5.74, 6) is 0.625. The van der Waals surface area contributed by atoms with Gasteiger partial charge in [-0.15, -0.1) is 0 Å². The van der Waals surface area contributed by atoms with Crippen LogP contribution < -0.4 is 10.1 Å². The largest absolute Gasteiger partial charge is 0.492 e. The molecule has 0 saturated carbocycles. The SMILES string of the molecule is CCOC(=O)CCCCCOc1c(Cl)cccc1CNC. The van der Waals surface area contributed by atoms with Crippen LogP contribution in [0.3, 0.4) is 0 Å². The van der Waals surface area contributed by atoms with Crippen molar-refractivity contribution in [3.63, 3.8) is 0 Å². The van der Waals surface area contributed by atoms with Gasteiger partial charge in [0.15, 0.2) is 0 Å². The second-order valence-corrected chi connectivity index (χ2v) is 5.13. The Morgan fingerprint density at radius 3 is 2.81 bits per heavy atom. The van der Waals surface area contributed by atoms with Crippen LogP contribution in [0.25, 0.3) is 0 Å². The molecule has 4 nitrogen and oxygen atoms in total. The van der Waals surface area contributed by atoms with Crippen molar-refractivity contribution in [1.29, 1.82) is 0 Å². The van der Waals surface area contributed by atoms with Crippen molar-refractivity contribution in [3.05, 3.63) is 28.8 Å². The number of benzene rings is 1. The third-order valence-electron chi connectivity index (χ3n) is 2.99. The van der Waals surface area contributed by atoms with Crippen molar-refractivity contribution in [3.8, 4) is 5.75 Å². The van der Waals surface area contributed by atoms with E-state index < -0.39 is 0 Å². The molecule has 0 fully saturated rings. The van der Waals surface area contributed by atoms with Crippen molar-refractivity contribution in [2.24, 2.45) is 0 Å². The number of hydrogen-bond acceptors (Lipinski definition) is 4. The van der Waals surface area contributed by atoms with Crippen molar-refractivity contribution in [1.82, 2.24) is 5.32 Å².